The number of nitrogens with zero attached hydrogens (tertiary/aromatic N) is 1. The van der Waals surface area contributed by atoms with E-state index in [2.05, 4.69) is 4.98 Å². The van der Waals surface area contributed by atoms with Gasteiger partial charge in [0.1, 0.15) is 5.69 Å². The van der Waals surface area contributed by atoms with Crippen LogP contribution < -0.4 is 0 Å². The first kappa shape index (κ1) is 12.7. The molecule has 0 saturated heterocycles. The van der Waals surface area contributed by atoms with Crippen LogP contribution in [0.5, 0.6) is 0 Å². The molecular formula is C11H10NO5P. The second kappa shape index (κ2) is 4.49. The van der Waals surface area contributed by atoms with E-state index in [1.807, 2.05) is 0 Å². The summed E-state index contributed by atoms with van der Waals surface area (Å²) in [4.78, 5) is 32.7. The first-order chi connectivity index (χ1) is 8.37. The summed E-state index contributed by atoms with van der Waals surface area (Å²) in [6.45, 7) is 0. The number of pyridine rings is 1. The maximum Gasteiger partial charge on any atom is 0.354 e. The summed E-state index contributed by atoms with van der Waals surface area (Å²) in [7, 11) is -4.30. The second-order valence-electron chi connectivity index (χ2n) is 3.80. The van der Waals surface area contributed by atoms with Crippen LogP contribution in [0.3, 0.4) is 0 Å². The molecule has 0 aliphatic carbocycles. The quantitative estimate of drug-likeness (QED) is 0.729. The second-order valence-corrected chi connectivity index (χ2v) is 5.45. The highest BCUT2D eigenvalue weighted by Gasteiger charge is 2.19. The zero-order chi connectivity index (χ0) is 13.3. The molecule has 0 aliphatic heterocycles. The smallest absolute Gasteiger partial charge is 0.354 e. The van der Waals surface area contributed by atoms with Gasteiger partial charge in [-0.3, -0.25) is 4.57 Å². The van der Waals surface area contributed by atoms with Crippen LogP contribution >= 0.6 is 7.60 Å². The van der Waals surface area contributed by atoms with E-state index in [4.69, 9.17) is 14.9 Å². The Morgan fingerprint density at radius 1 is 1.28 bits per heavy atom. The number of fused-ring (bicyclic) bond motifs is 1. The number of carboxylic acid groups (broad SMARTS) is 1. The van der Waals surface area contributed by atoms with Crippen LogP contribution in [0.2, 0.25) is 0 Å². The van der Waals surface area contributed by atoms with Gasteiger partial charge in [-0.2, -0.15) is 0 Å². The molecule has 0 fully saturated rings. The number of carboxylic acids is 1. The molecule has 2 aromatic rings. The molecule has 0 bridgehead atoms. The molecule has 2 rings (SSSR count). The Morgan fingerprint density at radius 2 is 1.94 bits per heavy atom. The Kier molecular flexibility index (Phi) is 3.17. The number of benzene rings is 1. The molecule has 0 aliphatic rings. The van der Waals surface area contributed by atoms with Crippen LogP contribution in [-0.2, 0) is 10.7 Å². The molecule has 18 heavy (non-hydrogen) atoms. The molecule has 7 heteroatoms. The van der Waals surface area contributed by atoms with Gasteiger partial charge in [0.2, 0.25) is 0 Å². The van der Waals surface area contributed by atoms with Gasteiger partial charge >= 0.3 is 13.6 Å². The third-order valence-corrected chi connectivity index (χ3v) is 3.11. The molecule has 3 N–H and O–H groups in total. The lowest BCUT2D eigenvalue weighted by Gasteiger charge is -2.08. The Bertz CT molecular complexity index is 664. The van der Waals surface area contributed by atoms with Crippen LogP contribution in [-0.4, -0.2) is 25.8 Å². The molecule has 0 saturated carbocycles. The number of aromatic carboxylic acids is 1. The van der Waals surface area contributed by atoms with Gasteiger partial charge in [0.25, 0.3) is 0 Å². The number of aromatic nitrogens is 1. The van der Waals surface area contributed by atoms with Gasteiger partial charge in [0, 0.05) is 5.39 Å². The van der Waals surface area contributed by atoms with Crippen molar-refractivity contribution in [1.29, 1.82) is 0 Å². The maximum atomic E-state index is 11.0. The van der Waals surface area contributed by atoms with Crippen molar-refractivity contribution in [1.82, 2.24) is 4.98 Å². The van der Waals surface area contributed by atoms with Crippen molar-refractivity contribution >= 4 is 24.3 Å². The van der Waals surface area contributed by atoms with Crippen molar-refractivity contribution in [2.75, 3.05) is 0 Å². The minimum absolute atomic E-state index is 0.0961. The Hall–Kier alpha value is -1.75. The average molecular weight is 267 g/mol. The lowest BCUT2D eigenvalue weighted by molar-refractivity contribution is 0.0690. The summed E-state index contributed by atoms with van der Waals surface area (Å²) in [6.07, 6.45) is -0.575. The van der Waals surface area contributed by atoms with Gasteiger partial charge in [0.15, 0.2) is 0 Å². The normalized spacial score (nSPS) is 11.7. The van der Waals surface area contributed by atoms with Gasteiger partial charge in [-0.1, -0.05) is 24.3 Å². The van der Waals surface area contributed by atoms with Crippen LogP contribution in [0.15, 0.2) is 30.3 Å². The largest absolute Gasteiger partial charge is 0.477 e. The molecular weight excluding hydrogens is 257 g/mol. The fourth-order valence-corrected chi connectivity index (χ4v) is 2.33. The number of carbonyl (C=O) groups is 1. The van der Waals surface area contributed by atoms with Gasteiger partial charge in [-0.05, 0) is 11.5 Å². The summed E-state index contributed by atoms with van der Waals surface area (Å²) >= 11 is 0. The molecule has 94 valence electrons. The molecule has 1 aromatic heterocycles. The Balaban J connectivity index is 2.68. The SMILES string of the molecule is O=C(O)c1cc2ccccc2c(CP(=O)(O)O)n1. The van der Waals surface area contributed by atoms with E-state index in [1.165, 1.54) is 6.07 Å². The first-order valence-electron chi connectivity index (χ1n) is 5.03. The Morgan fingerprint density at radius 3 is 2.56 bits per heavy atom. The summed E-state index contributed by atoms with van der Waals surface area (Å²) in [6, 6.07) is 8.12. The number of hydrogen-bond donors (Lipinski definition) is 3. The highest BCUT2D eigenvalue weighted by Crippen LogP contribution is 2.40. The van der Waals surface area contributed by atoms with Crippen LogP contribution in [0, 0.1) is 0 Å². The van der Waals surface area contributed by atoms with E-state index in [9.17, 15) is 9.36 Å². The summed E-state index contributed by atoms with van der Waals surface area (Å²) in [5, 5.41) is 10.0. The van der Waals surface area contributed by atoms with E-state index in [0.717, 1.165) is 0 Å². The highest BCUT2D eigenvalue weighted by molar-refractivity contribution is 7.50. The summed E-state index contributed by atoms with van der Waals surface area (Å²) in [5.41, 5.74) is -0.129. The van der Waals surface area contributed by atoms with Crippen molar-refractivity contribution in [3.05, 3.63) is 41.7 Å². The van der Waals surface area contributed by atoms with Crippen molar-refractivity contribution in [2.24, 2.45) is 0 Å². The maximum absolute atomic E-state index is 11.0. The van der Waals surface area contributed by atoms with E-state index in [0.29, 0.717) is 10.8 Å². The fraction of sp³-hybridized carbons (Fsp3) is 0.0909. The predicted molar refractivity (Wildman–Crippen MR) is 64.5 cm³/mol. The van der Waals surface area contributed by atoms with Crippen molar-refractivity contribution in [3.8, 4) is 0 Å². The number of hydrogen-bond acceptors (Lipinski definition) is 3. The number of rotatable bonds is 3. The molecule has 0 amide bonds. The predicted octanol–water partition coefficient (Wildman–Crippen LogP) is 1.61. The monoisotopic (exact) mass is 267 g/mol. The topological polar surface area (TPSA) is 108 Å². The van der Waals surface area contributed by atoms with Gasteiger partial charge in [0.05, 0.1) is 11.9 Å². The lowest BCUT2D eigenvalue weighted by Crippen LogP contribution is -2.04. The van der Waals surface area contributed by atoms with E-state index < -0.39 is 19.7 Å². The summed E-state index contributed by atoms with van der Waals surface area (Å²) < 4.78 is 11.0. The third-order valence-electron chi connectivity index (χ3n) is 2.39. The molecule has 0 radical (unpaired) electrons. The lowest BCUT2D eigenvalue weighted by atomic mass is 10.1. The van der Waals surface area contributed by atoms with Crippen molar-refractivity contribution in [3.63, 3.8) is 0 Å². The fourth-order valence-electron chi connectivity index (χ4n) is 1.70. The van der Waals surface area contributed by atoms with Crippen LogP contribution in [0.25, 0.3) is 10.8 Å². The van der Waals surface area contributed by atoms with E-state index >= 15 is 0 Å². The zero-order valence-corrected chi connectivity index (χ0v) is 10.0. The van der Waals surface area contributed by atoms with E-state index in [-0.39, 0.29) is 11.4 Å². The summed E-state index contributed by atoms with van der Waals surface area (Å²) in [5.74, 6) is -1.23. The van der Waals surface area contributed by atoms with Gasteiger partial charge in [-0.15, -0.1) is 0 Å². The zero-order valence-electron chi connectivity index (χ0n) is 9.15. The average Bonchev–Trinajstić information content (AvgIpc) is 2.26. The van der Waals surface area contributed by atoms with Gasteiger partial charge < -0.3 is 14.9 Å². The van der Waals surface area contributed by atoms with Crippen molar-refractivity contribution < 1.29 is 24.3 Å². The van der Waals surface area contributed by atoms with Crippen LogP contribution in [0.4, 0.5) is 0 Å². The van der Waals surface area contributed by atoms with Crippen molar-refractivity contribution in [2.45, 2.75) is 6.16 Å². The highest BCUT2D eigenvalue weighted by atomic mass is 31.2. The standard InChI is InChI=1S/C11H10NO5P/c13-11(14)9-5-7-3-1-2-4-8(7)10(12-9)6-18(15,16)17/h1-5H,6H2,(H,13,14)(H2,15,16,17). The first-order valence-corrected chi connectivity index (χ1v) is 6.83. The minimum Gasteiger partial charge on any atom is -0.477 e. The molecule has 6 nitrogen and oxygen atoms in total. The van der Waals surface area contributed by atoms with Crippen LogP contribution in [0.1, 0.15) is 16.2 Å². The van der Waals surface area contributed by atoms with E-state index in [1.54, 1.807) is 24.3 Å². The molecule has 0 unspecified atom stereocenters. The minimum atomic E-state index is -4.30. The molecule has 1 aromatic carbocycles. The molecule has 0 atom stereocenters. The molecule has 1 heterocycles. The molecule has 0 spiro atoms. The van der Waals surface area contributed by atoms with Gasteiger partial charge in [-0.25, -0.2) is 9.78 Å². The third kappa shape index (κ3) is 2.73. The Labute approximate surface area is 102 Å².